The molecule has 0 bridgehead atoms. The predicted octanol–water partition coefficient (Wildman–Crippen LogP) is 3.51. The molecule has 0 aromatic heterocycles. The third-order valence-electron chi connectivity index (χ3n) is 2.26. The Hall–Kier alpha value is -1.03. The molecule has 0 atom stereocenters. The summed E-state index contributed by atoms with van der Waals surface area (Å²) in [5.41, 5.74) is 6.62. The van der Waals surface area contributed by atoms with Crippen LogP contribution in [0.1, 0.15) is 32.3 Å². The molecule has 0 amide bonds. The third-order valence-corrected chi connectivity index (χ3v) is 2.88. The first-order chi connectivity index (χ1) is 8.13. The molecule has 0 aliphatic carbocycles. The summed E-state index contributed by atoms with van der Waals surface area (Å²) in [7, 11) is 0. The number of rotatable bonds is 6. The summed E-state index contributed by atoms with van der Waals surface area (Å²) in [6.07, 6.45) is 2.21. The van der Waals surface area contributed by atoms with E-state index in [4.69, 9.17) is 10.5 Å². The zero-order chi connectivity index (χ0) is 12.7. The Morgan fingerprint density at radius 3 is 2.82 bits per heavy atom. The van der Waals surface area contributed by atoms with Gasteiger partial charge in [-0.25, -0.2) is 0 Å². The molecule has 0 fully saturated rings. The van der Waals surface area contributed by atoms with Gasteiger partial charge in [-0.2, -0.15) is 0 Å². The topological polar surface area (TPSA) is 47.6 Å². The Balaban J connectivity index is 2.62. The highest BCUT2D eigenvalue weighted by Crippen LogP contribution is 2.26. The van der Waals surface area contributed by atoms with Crippen molar-refractivity contribution >= 4 is 21.8 Å². The molecule has 2 N–H and O–H groups in total. The quantitative estimate of drug-likeness (QED) is 0.496. The first kappa shape index (κ1) is 14.0. The van der Waals surface area contributed by atoms with Gasteiger partial charge in [-0.05, 0) is 47.0 Å². The van der Waals surface area contributed by atoms with Gasteiger partial charge in [-0.3, -0.25) is 4.99 Å². The number of nitrogens with zero attached hydrogens (tertiary/aromatic N) is 1. The number of ether oxygens (including phenoxy) is 1. The molecule has 0 aliphatic rings. The van der Waals surface area contributed by atoms with Gasteiger partial charge in [0.25, 0.3) is 0 Å². The van der Waals surface area contributed by atoms with Crippen LogP contribution in [0, 0.1) is 0 Å². The number of hydrogen-bond acceptors (Lipinski definition) is 2. The van der Waals surface area contributed by atoms with Crippen LogP contribution in [0.4, 0.5) is 0 Å². The zero-order valence-electron chi connectivity index (χ0n) is 10.4. The molecular weight excluding hydrogens is 280 g/mol. The van der Waals surface area contributed by atoms with Crippen LogP contribution in [0.2, 0.25) is 0 Å². The summed E-state index contributed by atoms with van der Waals surface area (Å²) in [5, 5.41) is 0. The fourth-order valence-electron chi connectivity index (χ4n) is 1.30. The normalized spacial score (nSPS) is 11.6. The molecule has 1 aromatic carbocycles. The lowest BCUT2D eigenvalue weighted by atomic mass is 10.2. The van der Waals surface area contributed by atoms with Gasteiger partial charge in [-0.1, -0.05) is 19.4 Å². The van der Waals surface area contributed by atoms with Crippen molar-refractivity contribution < 1.29 is 4.74 Å². The summed E-state index contributed by atoms with van der Waals surface area (Å²) >= 11 is 3.50. The smallest absolute Gasteiger partial charge is 0.133 e. The third kappa shape index (κ3) is 5.22. The van der Waals surface area contributed by atoms with Crippen LogP contribution in [0.5, 0.6) is 5.75 Å². The Bertz CT molecular complexity index is 387. The van der Waals surface area contributed by atoms with Crippen molar-refractivity contribution in [2.24, 2.45) is 10.7 Å². The number of hydrogen-bond donors (Lipinski definition) is 1. The highest BCUT2D eigenvalue weighted by atomic mass is 79.9. The summed E-state index contributed by atoms with van der Waals surface area (Å²) < 4.78 is 6.62. The lowest BCUT2D eigenvalue weighted by Crippen LogP contribution is -2.05. The number of benzene rings is 1. The van der Waals surface area contributed by atoms with E-state index >= 15 is 0 Å². The fraction of sp³-hybridized carbons (Fsp3) is 0.462. The molecule has 0 saturated carbocycles. The van der Waals surface area contributed by atoms with Crippen LogP contribution in [-0.4, -0.2) is 12.4 Å². The summed E-state index contributed by atoms with van der Waals surface area (Å²) in [5.74, 6) is 1.49. The summed E-state index contributed by atoms with van der Waals surface area (Å²) in [6.45, 7) is 5.30. The molecule has 4 heteroatoms. The van der Waals surface area contributed by atoms with Crippen molar-refractivity contribution in [3.05, 3.63) is 28.2 Å². The largest absolute Gasteiger partial charge is 0.492 e. The molecule has 17 heavy (non-hydrogen) atoms. The zero-order valence-corrected chi connectivity index (χ0v) is 12.0. The van der Waals surface area contributed by atoms with Gasteiger partial charge < -0.3 is 10.5 Å². The maximum absolute atomic E-state index is 5.65. The van der Waals surface area contributed by atoms with Gasteiger partial charge in [0, 0.05) is 0 Å². The van der Waals surface area contributed by atoms with Crippen LogP contribution in [0.25, 0.3) is 0 Å². The van der Waals surface area contributed by atoms with E-state index in [2.05, 4.69) is 27.8 Å². The van der Waals surface area contributed by atoms with E-state index in [0.717, 1.165) is 35.2 Å². The molecule has 0 heterocycles. The minimum Gasteiger partial charge on any atom is -0.492 e. The Morgan fingerprint density at radius 2 is 2.24 bits per heavy atom. The van der Waals surface area contributed by atoms with Gasteiger partial charge in [0.1, 0.15) is 5.75 Å². The minimum absolute atomic E-state index is 0.601. The van der Waals surface area contributed by atoms with Crippen molar-refractivity contribution in [1.82, 2.24) is 0 Å². The number of halogens is 1. The standard InChI is InChI=1S/C13H19BrN2O/c1-3-4-7-17-13-6-5-11(8-12(13)14)9-16-10(2)15/h5-6,8H,3-4,7,9H2,1-2H3,(H2,15,16). The number of unbranched alkanes of at least 4 members (excludes halogenated alkanes) is 1. The minimum atomic E-state index is 0.601. The van der Waals surface area contributed by atoms with Gasteiger partial charge >= 0.3 is 0 Å². The molecule has 1 rings (SSSR count). The van der Waals surface area contributed by atoms with E-state index in [1.54, 1.807) is 6.92 Å². The average molecular weight is 299 g/mol. The highest BCUT2D eigenvalue weighted by Gasteiger charge is 2.02. The SMILES string of the molecule is CCCCOc1ccc(CN=C(C)N)cc1Br. The summed E-state index contributed by atoms with van der Waals surface area (Å²) in [4.78, 5) is 4.17. The Morgan fingerprint density at radius 1 is 1.47 bits per heavy atom. The number of amidine groups is 1. The van der Waals surface area contributed by atoms with Gasteiger partial charge in [0.15, 0.2) is 0 Å². The average Bonchev–Trinajstić information content (AvgIpc) is 2.29. The Kier molecular flexibility index (Phi) is 6.05. The number of aliphatic imine (C=N–C) groups is 1. The first-order valence-electron chi connectivity index (χ1n) is 5.81. The maximum atomic E-state index is 5.65. The molecule has 0 spiro atoms. The second kappa shape index (κ2) is 7.33. The second-order valence-corrected chi connectivity index (χ2v) is 4.78. The summed E-state index contributed by atoms with van der Waals surface area (Å²) in [6, 6.07) is 6.00. The Labute approximate surface area is 111 Å². The van der Waals surface area contributed by atoms with E-state index in [0.29, 0.717) is 12.4 Å². The van der Waals surface area contributed by atoms with Crippen LogP contribution in [-0.2, 0) is 6.54 Å². The van der Waals surface area contributed by atoms with Gasteiger partial charge in [-0.15, -0.1) is 0 Å². The van der Waals surface area contributed by atoms with E-state index in [-0.39, 0.29) is 0 Å². The molecule has 3 nitrogen and oxygen atoms in total. The van der Waals surface area contributed by atoms with Crippen LogP contribution < -0.4 is 10.5 Å². The number of nitrogens with two attached hydrogens (primary N) is 1. The highest BCUT2D eigenvalue weighted by molar-refractivity contribution is 9.10. The molecule has 0 aliphatic heterocycles. The van der Waals surface area contributed by atoms with Gasteiger partial charge in [0.05, 0.1) is 23.5 Å². The molecule has 1 aromatic rings. The van der Waals surface area contributed by atoms with E-state index < -0.39 is 0 Å². The van der Waals surface area contributed by atoms with Crippen LogP contribution in [0.3, 0.4) is 0 Å². The fourth-order valence-corrected chi connectivity index (χ4v) is 1.84. The molecule has 0 saturated heterocycles. The second-order valence-electron chi connectivity index (χ2n) is 3.92. The van der Waals surface area contributed by atoms with E-state index in [9.17, 15) is 0 Å². The van der Waals surface area contributed by atoms with Crippen LogP contribution >= 0.6 is 15.9 Å². The van der Waals surface area contributed by atoms with Crippen molar-refractivity contribution in [3.63, 3.8) is 0 Å². The molecule has 0 radical (unpaired) electrons. The van der Waals surface area contributed by atoms with Crippen molar-refractivity contribution in [2.45, 2.75) is 33.2 Å². The predicted molar refractivity (Wildman–Crippen MR) is 75.5 cm³/mol. The van der Waals surface area contributed by atoms with Crippen molar-refractivity contribution in [1.29, 1.82) is 0 Å². The van der Waals surface area contributed by atoms with Crippen LogP contribution in [0.15, 0.2) is 27.7 Å². The first-order valence-corrected chi connectivity index (χ1v) is 6.60. The lowest BCUT2D eigenvalue weighted by molar-refractivity contribution is 0.307. The monoisotopic (exact) mass is 298 g/mol. The molecular formula is C13H19BrN2O. The van der Waals surface area contributed by atoms with Gasteiger partial charge in [0.2, 0.25) is 0 Å². The van der Waals surface area contributed by atoms with E-state index in [1.807, 2.05) is 18.2 Å². The molecule has 0 unspecified atom stereocenters. The van der Waals surface area contributed by atoms with Crippen molar-refractivity contribution in [3.8, 4) is 5.75 Å². The van der Waals surface area contributed by atoms with E-state index in [1.165, 1.54) is 0 Å². The lowest BCUT2D eigenvalue weighted by Gasteiger charge is -2.08. The van der Waals surface area contributed by atoms with Crippen molar-refractivity contribution in [2.75, 3.05) is 6.61 Å². The molecule has 94 valence electrons. The maximum Gasteiger partial charge on any atom is 0.133 e.